The van der Waals surface area contributed by atoms with Gasteiger partial charge in [0.25, 0.3) is 5.91 Å². The van der Waals surface area contributed by atoms with Gasteiger partial charge in [-0.1, -0.05) is 23.2 Å². The molecule has 0 radical (unpaired) electrons. The molecule has 23 heavy (non-hydrogen) atoms. The van der Waals surface area contributed by atoms with Gasteiger partial charge in [0.15, 0.2) is 0 Å². The molecule has 0 bridgehead atoms. The molecule has 1 aromatic heterocycles. The summed E-state index contributed by atoms with van der Waals surface area (Å²) >= 11 is 11.6. The second-order valence-electron chi connectivity index (χ2n) is 4.67. The molecular weight excluding hydrogens is 343 g/mol. The van der Waals surface area contributed by atoms with Crippen LogP contribution in [-0.4, -0.2) is 16.7 Å². The minimum absolute atomic E-state index is 0.102. The van der Waals surface area contributed by atoms with Crippen LogP contribution in [0.2, 0.25) is 10.0 Å². The van der Waals surface area contributed by atoms with E-state index in [9.17, 15) is 14.7 Å². The highest BCUT2D eigenvalue weighted by Crippen LogP contribution is 2.22. The smallest absolute Gasteiger partial charge is 0.348 e. The SMILES string of the molecule is C/C(=N\NC(=O)c1ccc(Cl)c(Cl)c1)c1c(O)cc(C)oc1=O. The Kier molecular flexibility index (Phi) is 5.08. The zero-order valence-corrected chi connectivity index (χ0v) is 13.7. The molecule has 2 N–H and O–H groups in total. The number of aromatic hydroxyl groups is 1. The number of aryl methyl sites for hydroxylation is 1. The second kappa shape index (κ2) is 6.85. The maximum absolute atomic E-state index is 12.0. The van der Waals surface area contributed by atoms with Crippen LogP contribution in [0.3, 0.4) is 0 Å². The van der Waals surface area contributed by atoms with Gasteiger partial charge in [0, 0.05) is 11.6 Å². The maximum atomic E-state index is 12.0. The first-order valence-corrected chi connectivity index (χ1v) is 7.19. The van der Waals surface area contributed by atoms with Crippen LogP contribution in [0.1, 0.15) is 28.6 Å². The molecule has 1 amide bonds. The lowest BCUT2D eigenvalue weighted by atomic mass is 10.2. The van der Waals surface area contributed by atoms with Gasteiger partial charge >= 0.3 is 5.63 Å². The lowest BCUT2D eigenvalue weighted by Crippen LogP contribution is -2.21. The third-order valence-electron chi connectivity index (χ3n) is 2.92. The van der Waals surface area contributed by atoms with E-state index in [4.69, 9.17) is 27.6 Å². The number of halogens is 2. The van der Waals surface area contributed by atoms with Crippen LogP contribution >= 0.6 is 23.2 Å². The van der Waals surface area contributed by atoms with Crippen molar-refractivity contribution >= 4 is 34.8 Å². The molecule has 6 nitrogen and oxygen atoms in total. The van der Waals surface area contributed by atoms with Gasteiger partial charge in [0.1, 0.15) is 17.1 Å². The fourth-order valence-corrected chi connectivity index (χ4v) is 2.12. The van der Waals surface area contributed by atoms with E-state index in [1.54, 1.807) is 0 Å². The molecule has 0 saturated heterocycles. The van der Waals surface area contributed by atoms with Crippen LogP contribution in [0.4, 0.5) is 0 Å². The Hall–Kier alpha value is -2.31. The molecule has 0 aliphatic rings. The van der Waals surface area contributed by atoms with Gasteiger partial charge in [0.05, 0.1) is 15.8 Å². The number of carbonyl (C=O) groups excluding carboxylic acids is 1. The number of benzene rings is 1. The molecule has 8 heteroatoms. The standard InChI is InChI=1S/C15H12Cl2N2O4/c1-7-5-12(20)13(15(22)23-7)8(2)18-19-14(21)9-3-4-10(16)11(17)6-9/h3-6,20H,1-2H3,(H,19,21)/b18-8+. The molecule has 0 unspecified atom stereocenters. The summed E-state index contributed by atoms with van der Waals surface area (Å²) in [7, 11) is 0. The summed E-state index contributed by atoms with van der Waals surface area (Å²) in [6.45, 7) is 2.99. The third-order valence-corrected chi connectivity index (χ3v) is 3.66. The van der Waals surface area contributed by atoms with Crippen molar-refractivity contribution in [2.45, 2.75) is 13.8 Å². The minimum atomic E-state index is -0.743. The predicted octanol–water partition coefficient (Wildman–Crippen LogP) is 3.11. The van der Waals surface area contributed by atoms with Gasteiger partial charge in [-0.25, -0.2) is 10.2 Å². The van der Waals surface area contributed by atoms with Crippen LogP contribution in [0, 0.1) is 6.92 Å². The molecule has 2 rings (SSSR count). The lowest BCUT2D eigenvalue weighted by molar-refractivity contribution is 0.0955. The predicted molar refractivity (Wildman–Crippen MR) is 87.5 cm³/mol. The average molecular weight is 355 g/mol. The Morgan fingerprint density at radius 3 is 2.57 bits per heavy atom. The Bertz CT molecular complexity index is 859. The largest absolute Gasteiger partial charge is 0.507 e. The van der Waals surface area contributed by atoms with Crippen molar-refractivity contribution in [3.63, 3.8) is 0 Å². The van der Waals surface area contributed by atoms with Crippen LogP contribution in [0.15, 0.2) is 38.6 Å². The van der Waals surface area contributed by atoms with Gasteiger partial charge in [-0.2, -0.15) is 5.10 Å². The van der Waals surface area contributed by atoms with Crippen LogP contribution in [0.25, 0.3) is 0 Å². The van der Waals surface area contributed by atoms with Crippen molar-refractivity contribution in [3.8, 4) is 5.75 Å². The fourth-order valence-electron chi connectivity index (χ4n) is 1.82. The van der Waals surface area contributed by atoms with E-state index in [1.165, 1.54) is 38.1 Å². The lowest BCUT2D eigenvalue weighted by Gasteiger charge is -2.05. The van der Waals surface area contributed by atoms with Crippen molar-refractivity contribution < 1.29 is 14.3 Å². The summed E-state index contributed by atoms with van der Waals surface area (Å²) in [4.78, 5) is 23.7. The van der Waals surface area contributed by atoms with Crippen molar-refractivity contribution in [2.75, 3.05) is 0 Å². The first-order chi connectivity index (χ1) is 10.8. The van der Waals surface area contributed by atoms with Gasteiger partial charge in [-0.05, 0) is 32.0 Å². The number of amides is 1. The molecule has 0 saturated carbocycles. The molecule has 0 aliphatic heterocycles. The number of hydrazone groups is 1. The highest BCUT2D eigenvalue weighted by molar-refractivity contribution is 6.42. The maximum Gasteiger partial charge on any atom is 0.348 e. The first-order valence-electron chi connectivity index (χ1n) is 6.43. The van der Waals surface area contributed by atoms with Crippen molar-refractivity contribution in [2.24, 2.45) is 5.10 Å². The van der Waals surface area contributed by atoms with Gasteiger partial charge in [-0.15, -0.1) is 0 Å². The summed E-state index contributed by atoms with van der Waals surface area (Å²) in [5.41, 5.74) is 1.75. The average Bonchev–Trinajstić information content (AvgIpc) is 2.46. The van der Waals surface area contributed by atoms with Crippen molar-refractivity contribution in [1.29, 1.82) is 0 Å². The number of rotatable bonds is 3. The van der Waals surface area contributed by atoms with Crippen LogP contribution in [0.5, 0.6) is 5.75 Å². The molecule has 0 aliphatic carbocycles. The molecule has 0 atom stereocenters. The Labute approximate surface area is 141 Å². The first kappa shape index (κ1) is 17.1. The number of nitrogens with one attached hydrogen (secondary N) is 1. The van der Waals surface area contributed by atoms with Gasteiger partial charge in [0.2, 0.25) is 0 Å². The molecular formula is C15H12Cl2N2O4. The molecule has 0 fully saturated rings. The highest BCUT2D eigenvalue weighted by atomic mass is 35.5. The summed E-state index contributed by atoms with van der Waals surface area (Å²) in [6, 6.07) is 5.64. The second-order valence-corrected chi connectivity index (χ2v) is 5.49. The highest BCUT2D eigenvalue weighted by Gasteiger charge is 2.14. The molecule has 2 aromatic rings. The topological polar surface area (TPSA) is 91.9 Å². The quantitative estimate of drug-likeness (QED) is 0.654. The van der Waals surface area contributed by atoms with Gasteiger partial charge < -0.3 is 9.52 Å². The van der Waals surface area contributed by atoms with Crippen LogP contribution in [-0.2, 0) is 0 Å². The molecule has 1 aromatic carbocycles. The van der Waals surface area contributed by atoms with Gasteiger partial charge in [-0.3, -0.25) is 4.79 Å². The fraction of sp³-hybridized carbons (Fsp3) is 0.133. The minimum Gasteiger partial charge on any atom is -0.507 e. The van der Waals surface area contributed by atoms with E-state index in [0.717, 1.165) is 0 Å². The summed E-state index contributed by atoms with van der Waals surface area (Å²) in [5.74, 6) is -0.549. The summed E-state index contributed by atoms with van der Waals surface area (Å²) in [5, 5.41) is 14.2. The zero-order chi connectivity index (χ0) is 17.1. The molecule has 120 valence electrons. The number of hydrogen-bond acceptors (Lipinski definition) is 5. The van der Waals surface area contributed by atoms with E-state index >= 15 is 0 Å². The molecule has 0 spiro atoms. The van der Waals surface area contributed by atoms with E-state index in [1.807, 2.05) is 0 Å². The Balaban J connectivity index is 2.24. The van der Waals surface area contributed by atoms with E-state index in [-0.39, 0.29) is 33.4 Å². The molecule has 1 heterocycles. The normalized spacial score (nSPS) is 11.4. The number of carbonyl (C=O) groups is 1. The third kappa shape index (κ3) is 3.91. The number of nitrogens with zero attached hydrogens (tertiary/aromatic N) is 1. The van der Waals surface area contributed by atoms with Crippen molar-refractivity contribution in [1.82, 2.24) is 5.43 Å². The van der Waals surface area contributed by atoms with E-state index in [0.29, 0.717) is 5.02 Å². The van der Waals surface area contributed by atoms with E-state index in [2.05, 4.69) is 10.5 Å². The van der Waals surface area contributed by atoms with E-state index < -0.39 is 11.5 Å². The summed E-state index contributed by atoms with van der Waals surface area (Å²) < 4.78 is 4.89. The zero-order valence-electron chi connectivity index (χ0n) is 12.2. The van der Waals surface area contributed by atoms with Crippen LogP contribution < -0.4 is 11.1 Å². The monoisotopic (exact) mass is 354 g/mol. The Morgan fingerprint density at radius 1 is 1.26 bits per heavy atom. The Morgan fingerprint density at radius 2 is 1.96 bits per heavy atom. The number of hydrogen-bond donors (Lipinski definition) is 2. The van der Waals surface area contributed by atoms with Crippen molar-refractivity contribution in [3.05, 3.63) is 61.6 Å². The summed E-state index contributed by atoms with van der Waals surface area (Å²) in [6.07, 6.45) is 0.